The summed E-state index contributed by atoms with van der Waals surface area (Å²) in [6, 6.07) is 0.0515. The number of alkyl halides is 1. The van der Waals surface area contributed by atoms with Crippen LogP contribution in [0.2, 0.25) is 0 Å². The van der Waals surface area contributed by atoms with Gasteiger partial charge < -0.3 is 0 Å². The van der Waals surface area contributed by atoms with Crippen molar-refractivity contribution in [2.45, 2.75) is 58.4 Å². The van der Waals surface area contributed by atoms with Gasteiger partial charge in [0.2, 0.25) is 10.0 Å². The Morgan fingerprint density at radius 2 is 1.72 bits per heavy atom. The first-order valence-corrected chi connectivity index (χ1v) is 9.19. The van der Waals surface area contributed by atoms with Crippen LogP contribution in [-0.4, -0.2) is 26.1 Å². The van der Waals surface area contributed by atoms with Gasteiger partial charge in [-0.15, -0.1) is 11.6 Å². The fourth-order valence-corrected chi connectivity index (χ4v) is 4.62. The predicted octanol–water partition coefficient (Wildman–Crippen LogP) is 3.14. The van der Waals surface area contributed by atoms with Gasteiger partial charge in [-0.1, -0.05) is 32.6 Å². The standard InChI is InChI=1S/C13H26ClNO2S/c1-11(9-14)10-18(16,17)15-12(2)13-7-5-3-4-6-8-13/h11-13,15H,3-10H2,1-2H3/t11?,12-/m1/s1. The highest BCUT2D eigenvalue weighted by Crippen LogP contribution is 2.25. The van der Waals surface area contributed by atoms with Crippen LogP contribution >= 0.6 is 11.6 Å². The number of rotatable bonds is 6. The summed E-state index contributed by atoms with van der Waals surface area (Å²) < 4.78 is 26.8. The Hall–Kier alpha value is 0.200. The van der Waals surface area contributed by atoms with Gasteiger partial charge in [0.05, 0.1) is 5.75 Å². The van der Waals surface area contributed by atoms with E-state index in [0.717, 1.165) is 12.8 Å². The third-order valence-corrected chi connectivity index (χ3v) is 6.01. The molecule has 1 aliphatic rings. The first kappa shape index (κ1) is 16.3. The van der Waals surface area contributed by atoms with Crippen molar-refractivity contribution in [3.05, 3.63) is 0 Å². The average Bonchev–Trinajstić information content (AvgIpc) is 2.55. The van der Waals surface area contributed by atoms with E-state index < -0.39 is 10.0 Å². The summed E-state index contributed by atoms with van der Waals surface area (Å²) in [6.07, 6.45) is 7.34. The molecule has 1 fully saturated rings. The van der Waals surface area contributed by atoms with Gasteiger partial charge in [-0.3, -0.25) is 0 Å². The molecule has 1 aliphatic carbocycles. The number of sulfonamides is 1. The minimum Gasteiger partial charge on any atom is -0.212 e. The number of halogens is 1. The Labute approximate surface area is 117 Å². The van der Waals surface area contributed by atoms with E-state index in [1.165, 1.54) is 25.7 Å². The summed E-state index contributed by atoms with van der Waals surface area (Å²) >= 11 is 5.67. The van der Waals surface area contributed by atoms with Crippen molar-refractivity contribution in [3.63, 3.8) is 0 Å². The highest BCUT2D eigenvalue weighted by molar-refractivity contribution is 7.89. The van der Waals surface area contributed by atoms with Crippen molar-refractivity contribution in [2.75, 3.05) is 11.6 Å². The first-order valence-electron chi connectivity index (χ1n) is 7.00. The van der Waals surface area contributed by atoms with Crippen molar-refractivity contribution >= 4 is 21.6 Å². The molecule has 5 heteroatoms. The zero-order chi connectivity index (χ0) is 13.6. The summed E-state index contributed by atoms with van der Waals surface area (Å²) in [7, 11) is -3.19. The highest BCUT2D eigenvalue weighted by atomic mass is 35.5. The molecule has 108 valence electrons. The fraction of sp³-hybridized carbons (Fsp3) is 1.00. The zero-order valence-electron chi connectivity index (χ0n) is 11.5. The molecular weight excluding hydrogens is 270 g/mol. The molecule has 0 spiro atoms. The van der Waals surface area contributed by atoms with Gasteiger partial charge in [0, 0.05) is 11.9 Å². The third kappa shape index (κ3) is 5.89. The lowest BCUT2D eigenvalue weighted by molar-refractivity contribution is 0.370. The van der Waals surface area contributed by atoms with E-state index in [1.54, 1.807) is 0 Å². The van der Waals surface area contributed by atoms with Gasteiger partial charge in [0.1, 0.15) is 0 Å². The molecule has 0 saturated heterocycles. The second kappa shape index (κ2) is 7.71. The molecule has 0 aromatic rings. The third-order valence-electron chi connectivity index (χ3n) is 3.74. The minimum absolute atomic E-state index is 0.00509. The van der Waals surface area contributed by atoms with Gasteiger partial charge in [-0.05, 0) is 31.6 Å². The lowest BCUT2D eigenvalue weighted by Gasteiger charge is -2.24. The summed E-state index contributed by atoms with van der Waals surface area (Å²) in [4.78, 5) is 0. The Bertz CT molecular complexity index is 324. The molecule has 2 atom stereocenters. The molecule has 0 amide bonds. The monoisotopic (exact) mass is 295 g/mol. The van der Waals surface area contributed by atoms with Gasteiger partial charge >= 0.3 is 0 Å². The maximum absolute atomic E-state index is 12.0. The van der Waals surface area contributed by atoms with Crippen LogP contribution in [0.1, 0.15) is 52.4 Å². The summed E-state index contributed by atoms with van der Waals surface area (Å²) in [5, 5.41) is 0. The van der Waals surface area contributed by atoms with Crippen LogP contribution in [0, 0.1) is 11.8 Å². The summed E-state index contributed by atoms with van der Waals surface area (Å²) in [5.74, 6) is 1.02. The molecule has 0 aliphatic heterocycles. The Morgan fingerprint density at radius 1 is 1.17 bits per heavy atom. The van der Waals surface area contributed by atoms with Gasteiger partial charge in [0.15, 0.2) is 0 Å². The van der Waals surface area contributed by atoms with Gasteiger partial charge in [-0.25, -0.2) is 13.1 Å². The van der Waals surface area contributed by atoms with Crippen molar-refractivity contribution < 1.29 is 8.42 Å². The fourth-order valence-electron chi connectivity index (χ4n) is 2.66. The molecule has 0 bridgehead atoms. The van der Waals surface area contributed by atoms with Crippen LogP contribution in [-0.2, 0) is 10.0 Å². The van der Waals surface area contributed by atoms with E-state index in [2.05, 4.69) is 4.72 Å². The number of hydrogen-bond donors (Lipinski definition) is 1. The van der Waals surface area contributed by atoms with Crippen LogP contribution in [0.5, 0.6) is 0 Å². The largest absolute Gasteiger partial charge is 0.212 e. The molecule has 0 heterocycles. The maximum atomic E-state index is 12.0. The Morgan fingerprint density at radius 3 is 2.22 bits per heavy atom. The SMILES string of the molecule is CC(CCl)CS(=O)(=O)N[C@H](C)C1CCCCCC1. The van der Waals surface area contributed by atoms with E-state index in [0.29, 0.717) is 11.8 Å². The molecule has 1 rings (SSSR count). The molecular formula is C13H26ClNO2S. The van der Waals surface area contributed by atoms with E-state index in [9.17, 15) is 8.42 Å². The lowest BCUT2D eigenvalue weighted by Crippen LogP contribution is -2.40. The minimum atomic E-state index is -3.19. The van der Waals surface area contributed by atoms with E-state index in [-0.39, 0.29) is 17.7 Å². The van der Waals surface area contributed by atoms with E-state index in [1.807, 2.05) is 13.8 Å². The van der Waals surface area contributed by atoms with Crippen LogP contribution in [0.15, 0.2) is 0 Å². The summed E-state index contributed by atoms with van der Waals surface area (Å²) in [6.45, 7) is 3.86. The van der Waals surface area contributed by atoms with Crippen molar-refractivity contribution in [2.24, 2.45) is 11.8 Å². The smallest absolute Gasteiger partial charge is 0.212 e. The van der Waals surface area contributed by atoms with Crippen LogP contribution < -0.4 is 4.72 Å². The second-order valence-corrected chi connectivity index (χ2v) is 7.81. The van der Waals surface area contributed by atoms with Crippen molar-refractivity contribution in [3.8, 4) is 0 Å². The van der Waals surface area contributed by atoms with Crippen LogP contribution in [0.3, 0.4) is 0 Å². The molecule has 0 radical (unpaired) electrons. The van der Waals surface area contributed by atoms with Crippen molar-refractivity contribution in [1.82, 2.24) is 4.72 Å². The second-order valence-electron chi connectivity index (χ2n) is 5.70. The molecule has 0 aromatic carbocycles. The number of nitrogens with one attached hydrogen (secondary N) is 1. The van der Waals surface area contributed by atoms with E-state index in [4.69, 9.17) is 11.6 Å². The Kier molecular flexibility index (Phi) is 6.96. The first-order chi connectivity index (χ1) is 8.44. The van der Waals surface area contributed by atoms with Crippen LogP contribution in [0.4, 0.5) is 0 Å². The zero-order valence-corrected chi connectivity index (χ0v) is 13.1. The Balaban J connectivity index is 2.48. The molecule has 0 aromatic heterocycles. The molecule has 1 saturated carbocycles. The predicted molar refractivity (Wildman–Crippen MR) is 77.5 cm³/mol. The number of hydrogen-bond acceptors (Lipinski definition) is 2. The lowest BCUT2D eigenvalue weighted by atomic mass is 9.94. The van der Waals surface area contributed by atoms with Gasteiger partial charge in [0.25, 0.3) is 0 Å². The maximum Gasteiger partial charge on any atom is 0.212 e. The normalized spacial score (nSPS) is 22.4. The van der Waals surface area contributed by atoms with Crippen LogP contribution in [0.25, 0.3) is 0 Å². The molecule has 1 unspecified atom stereocenters. The molecule has 1 N–H and O–H groups in total. The van der Waals surface area contributed by atoms with Gasteiger partial charge in [-0.2, -0.15) is 0 Å². The average molecular weight is 296 g/mol. The van der Waals surface area contributed by atoms with E-state index >= 15 is 0 Å². The highest BCUT2D eigenvalue weighted by Gasteiger charge is 2.24. The summed E-state index contributed by atoms with van der Waals surface area (Å²) in [5.41, 5.74) is 0. The van der Waals surface area contributed by atoms with Crippen molar-refractivity contribution in [1.29, 1.82) is 0 Å². The quantitative estimate of drug-likeness (QED) is 0.604. The molecule has 3 nitrogen and oxygen atoms in total. The topological polar surface area (TPSA) is 46.2 Å². The molecule has 18 heavy (non-hydrogen) atoms.